The molecule has 3 heterocycles. The van der Waals surface area contributed by atoms with Crippen LogP contribution in [0.25, 0.3) is 10.1 Å². The van der Waals surface area contributed by atoms with Gasteiger partial charge in [0.1, 0.15) is 6.10 Å². The molecule has 0 radical (unpaired) electrons. The minimum atomic E-state index is -0.304. The first-order chi connectivity index (χ1) is 14.5. The number of thiophene rings is 1. The molecule has 30 heavy (non-hydrogen) atoms. The summed E-state index contributed by atoms with van der Waals surface area (Å²) in [6.45, 7) is 3.67. The largest absolute Gasteiger partial charge is 0.370 e. The molecule has 1 aromatic carbocycles. The molecule has 0 unspecified atom stereocenters. The number of carbonyl (C=O) groups is 2. The maximum absolute atomic E-state index is 13.4. The number of benzene rings is 1. The molecule has 156 valence electrons. The Morgan fingerprint density at radius 3 is 2.80 bits per heavy atom. The minimum absolute atomic E-state index is 0.0225. The summed E-state index contributed by atoms with van der Waals surface area (Å²) in [6, 6.07) is 13.8. The first-order valence-electron chi connectivity index (χ1n) is 10.1. The smallest absolute Gasteiger partial charge is 0.264 e. The van der Waals surface area contributed by atoms with Crippen LogP contribution in [0.2, 0.25) is 0 Å². The van der Waals surface area contributed by atoms with Crippen molar-refractivity contribution in [1.29, 1.82) is 0 Å². The summed E-state index contributed by atoms with van der Waals surface area (Å²) in [5.41, 5.74) is 1.86. The van der Waals surface area contributed by atoms with E-state index in [0.29, 0.717) is 37.5 Å². The van der Waals surface area contributed by atoms with E-state index in [9.17, 15) is 9.59 Å². The Hall–Kier alpha value is -2.77. The lowest BCUT2D eigenvalue weighted by molar-refractivity contribution is -0.136. The second-order valence-electron chi connectivity index (χ2n) is 7.46. The van der Waals surface area contributed by atoms with Gasteiger partial charge in [-0.2, -0.15) is 0 Å². The molecule has 0 N–H and O–H groups in total. The SMILES string of the molecule is CC(=O)N1CCO[C@H](c2c(C(=O)N(C)CCc3ccccn3)sc3ccccc23)C1. The fourth-order valence-corrected chi connectivity index (χ4v) is 5.01. The van der Waals surface area contributed by atoms with Gasteiger partial charge in [-0.25, -0.2) is 0 Å². The van der Waals surface area contributed by atoms with E-state index in [0.717, 1.165) is 21.3 Å². The third-order valence-electron chi connectivity index (χ3n) is 5.44. The van der Waals surface area contributed by atoms with Gasteiger partial charge in [-0.15, -0.1) is 11.3 Å². The summed E-state index contributed by atoms with van der Waals surface area (Å²) in [7, 11) is 1.82. The highest BCUT2D eigenvalue weighted by molar-refractivity contribution is 7.21. The van der Waals surface area contributed by atoms with Crippen LogP contribution in [0, 0.1) is 0 Å². The highest BCUT2D eigenvalue weighted by atomic mass is 32.1. The lowest BCUT2D eigenvalue weighted by atomic mass is 10.0. The number of hydrogen-bond donors (Lipinski definition) is 0. The van der Waals surface area contributed by atoms with Crippen molar-refractivity contribution >= 4 is 33.2 Å². The number of morpholine rings is 1. The fraction of sp³-hybridized carbons (Fsp3) is 0.348. The number of ether oxygens (including phenoxy) is 1. The monoisotopic (exact) mass is 423 g/mol. The van der Waals surface area contributed by atoms with Crippen LogP contribution < -0.4 is 0 Å². The van der Waals surface area contributed by atoms with Crippen LogP contribution in [-0.4, -0.2) is 59.9 Å². The van der Waals surface area contributed by atoms with Crippen LogP contribution in [0.15, 0.2) is 48.7 Å². The molecule has 2 amide bonds. The van der Waals surface area contributed by atoms with Gasteiger partial charge in [0, 0.05) is 55.6 Å². The summed E-state index contributed by atoms with van der Waals surface area (Å²) < 4.78 is 7.10. The molecular weight excluding hydrogens is 398 g/mol. The first-order valence-corrected chi connectivity index (χ1v) is 10.9. The number of nitrogens with zero attached hydrogens (tertiary/aromatic N) is 3. The third-order valence-corrected chi connectivity index (χ3v) is 6.61. The summed E-state index contributed by atoms with van der Waals surface area (Å²) in [5, 5.41) is 1.03. The van der Waals surface area contributed by atoms with Crippen LogP contribution in [0.4, 0.5) is 0 Å². The fourth-order valence-electron chi connectivity index (χ4n) is 3.76. The first kappa shape index (κ1) is 20.5. The van der Waals surface area contributed by atoms with E-state index in [1.54, 1.807) is 22.9 Å². The van der Waals surface area contributed by atoms with E-state index in [-0.39, 0.29) is 17.9 Å². The maximum Gasteiger partial charge on any atom is 0.264 e. The van der Waals surface area contributed by atoms with Gasteiger partial charge in [-0.1, -0.05) is 24.3 Å². The van der Waals surface area contributed by atoms with Crippen molar-refractivity contribution < 1.29 is 14.3 Å². The number of fused-ring (bicyclic) bond motifs is 1. The number of amides is 2. The molecule has 1 aliphatic heterocycles. The van der Waals surface area contributed by atoms with E-state index in [1.807, 2.05) is 49.5 Å². The van der Waals surface area contributed by atoms with Gasteiger partial charge < -0.3 is 14.5 Å². The Kier molecular flexibility index (Phi) is 6.11. The molecular formula is C23H25N3O3S. The Balaban J connectivity index is 1.62. The average Bonchev–Trinajstić information content (AvgIpc) is 3.17. The summed E-state index contributed by atoms with van der Waals surface area (Å²) >= 11 is 1.49. The maximum atomic E-state index is 13.4. The number of pyridine rings is 1. The van der Waals surface area contributed by atoms with E-state index in [4.69, 9.17) is 4.74 Å². The Morgan fingerprint density at radius 1 is 1.23 bits per heavy atom. The molecule has 0 bridgehead atoms. The number of hydrogen-bond acceptors (Lipinski definition) is 5. The van der Waals surface area contributed by atoms with Crippen LogP contribution in [-0.2, 0) is 16.0 Å². The zero-order valence-electron chi connectivity index (χ0n) is 17.2. The van der Waals surface area contributed by atoms with E-state index < -0.39 is 0 Å². The van der Waals surface area contributed by atoms with E-state index in [2.05, 4.69) is 4.98 Å². The lowest BCUT2D eigenvalue weighted by Gasteiger charge is -2.33. The van der Waals surface area contributed by atoms with Crippen molar-refractivity contribution in [2.45, 2.75) is 19.4 Å². The predicted octanol–water partition coefficient (Wildman–Crippen LogP) is 3.53. The number of rotatable bonds is 5. The second kappa shape index (κ2) is 8.93. The zero-order chi connectivity index (χ0) is 21.1. The van der Waals surface area contributed by atoms with Crippen LogP contribution >= 0.6 is 11.3 Å². The molecule has 0 spiro atoms. The molecule has 1 aliphatic rings. The Labute approximate surface area is 180 Å². The van der Waals surface area contributed by atoms with Crippen molar-refractivity contribution in [3.05, 3.63) is 64.8 Å². The topological polar surface area (TPSA) is 62.7 Å². The third kappa shape index (κ3) is 4.22. The molecule has 2 aromatic heterocycles. The lowest BCUT2D eigenvalue weighted by Crippen LogP contribution is -2.41. The van der Waals surface area contributed by atoms with E-state index >= 15 is 0 Å². The van der Waals surface area contributed by atoms with Crippen LogP contribution in [0.1, 0.15) is 34.0 Å². The van der Waals surface area contributed by atoms with Crippen molar-refractivity contribution in [3.63, 3.8) is 0 Å². The predicted molar refractivity (Wildman–Crippen MR) is 118 cm³/mol. The molecule has 1 saturated heterocycles. The summed E-state index contributed by atoms with van der Waals surface area (Å²) in [6.07, 6.45) is 2.16. The number of aromatic nitrogens is 1. The van der Waals surface area contributed by atoms with Gasteiger partial charge in [0.2, 0.25) is 5.91 Å². The highest BCUT2D eigenvalue weighted by Gasteiger charge is 2.31. The van der Waals surface area contributed by atoms with Gasteiger partial charge >= 0.3 is 0 Å². The van der Waals surface area contributed by atoms with Gasteiger partial charge in [-0.3, -0.25) is 14.6 Å². The number of carbonyl (C=O) groups excluding carboxylic acids is 2. The van der Waals surface area contributed by atoms with Gasteiger partial charge in [0.05, 0.1) is 18.0 Å². The van der Waals surface area contributed by atoms with Crippen LogP contribution in [0.5, 0.6) is 0 Å². The van der Waals surface area contributed by atoms with Gasteiger partial charge in [0.15, 0.2) is 0 Å². The molecule has 0 saturated carbocycles. The minimum Gasteiger partial charge on any atom is -0.370 e. The molecule has 1 fully saturated rings. The molecule has 3 aromatic rings. The summed E-state index contributed by atoms with van der Waals surface area (Å²) in [5.74, 6) is 0.00821. The van der Waals surface area contributed by atoms with Crippen molar-refractivity contribution in [2.75, 3.05) is 33.3 Å². The molecule has 0 aliphatic carbocycles. The van der Waals surface area contributed by atoms with Gasteiger partial charge in [-0.05, 0) is 23.6 Å². The molecule has 4 rings (SSSR count). The summed E-state index contributed by atoms with van der Waals surface area (Å²) in [4.78, 5) is 33.9. The standard InChI is InChI=1S/C23H25N3O3S/c1-16(27)26-13-14-29-19(15-26)21-18-8-3-4-9-20(18)30-22(21)23(28)25(2)12-10-17-7-5-6-11-24-17/h3-9,11,19H,10,12-15H2,1-2H3/t19-/m0/s1. The normalized spacial score (nSPS) is 16.6. The van der Waals surface area contributed by atoms with Crippen LogP contribution in [0.3, 0.4) is 0 Å². The second-order valence-corrected chi connectivity index (χ2v) is 8.52. The highest BCUT2D eigenvalue weighted by Crippen LogP contribution is 2.38. The Morgan fingerprint density at radius 2 is 2.03 bits per heavy atom. The molecule has 7 heteroatoms. The van der Waals surface area contributed by atoms with E-state index in [1.165, 1.54) is 11.3 Å². The van der Waals surface area contributed by atoms with Crippen molar-refractivity contribution in [2.24, 2.45) is 0 Å². The quantitative estimate of drug-likeness (QED) is 0.630. The average molecular weight is 424 g/mol. The molecule has 1 atom stereocenters. The van der Waals surface area contributed by atoms with Gasteiger partial charge in [0.25, 0.3) is 5.91 Å². The zero-order valence-corrected chi connectivity index (χ0v) is 18.0. The Bertz CT molecular complexity index is 1050. The van der Waals surface area contributed by atoms with Crippen molar-refractivity contribution in [3.8, 4) is 0 Å². The number of likely N-dealkylation sites (N-methyl/N-ethyl adjacent to an activating group) is 1. The van der Waals surface area contributed by atoms with Crippen molar-refractivity contribution in [1.82, 2.24) is 14.8 Å². The molecule has 6 nitrogen and oxygen atoms in total.